The lowest BCUT2D eigenvalue weighted by molar-refractivity contribution is -0.302. The molecule has 7 atom stereocenters. The maximum Gasteiger partial charge on any atom is 0.220 e. The van der Waals surface area contributed by atoms with E-state index >= 15 is 0 Å². The normalized spacial score (nSPS) is 19.6. The van der Waals surface area contributed by atoms with E-state index in [2.05, 4.69) is 55.6 Å². The zero-order chi connectivity index (χ0) is 51.5. The Morgan fingerprint density at radius 1 is 0.465 bits per heavy atom. The highest BCUT2D eigenvalue weighted by molar-refractivity contribution is 5.76. The number of unbranched alkanes of at least 4 members (excludes halogenated alkanes) is 36. The first-order valence-corrected chi connectivity index (χ1v) is 30.4. The highest BCUT2D eigenvalue weighted by atomic mass is 16.7. The third-order valence-corrected chi connectivity index (χ3v) is 14.4. The van der Waals surface area contributed by atoms with Crippen LogP contribution in [0.4, 0.5) is 0 Å². The maximum absolute atomic E-state index is 13.0. The summed E-state index contributed by atoms with van der Waals surface area (Å²) in [5.74, 6) is -0.194. The molecule has 9 heteroatoms. The molecular formula is C62H115NO8. The van der Waals surface area contributed by atoms with E-state index in [0.717, 1.165) is 57.8 Å². The molecule has 0 aliphatic carbocycles. The SMILES string of the molecule is CCCCCCCC/C=C\CCCCCCCCCC(=O)NC(COC1OC(CO)C(O)C(O)C1O)C(O)/C=C/CC/C=C/CC/C=C/CCCCCCCCCCCCCCCCCCCCCCC. The van der Waals surface area contributed by atoms with Crippen LogP contribution in [-0.4, -0.2) is 87.5 Å². The second-order valence-electron chi connectivity index (χ2n) is 21.1. The lowest BCUT2D eigenvalue weighted by atomic mass is 9.99. The molecule has 0 bridgehead atoms. The molecule has 1 saturated heterocycles. The van der Waals surface area contributed by atoms with Gasteiger partial charge < -0.3 is 40.3 Å². The van der Waals surface area contributed by atoms with E-state index in [4.69, 9.17) is 9.47 Å². The van der Waals surface area contributed by atoms with Gasteiger partial charge in [0.2, 0.25) is 5.91 Å². The second kappa shape index (κ2) is 51.6. The minimum atomic E-state index is -1.58. The highest BCUT2D eigenvalue weighted by Gasteiger charge is 2.44. The predicted octanol–water partition coefficient (Wildman–Crippen LogP) is 15.3. The van der Waals surface area contributed by atoms with Crippen LogP contribution in [0.25, 0.3) is 0 Å². The fraction of sp³-hybridized carbons (Fsp3) is 0.855. The number of carbonyl (C=O) groups excluding carboxylic acids is 1. The molecule has 6 N–H and O–H groups in total. The van der Waals surface area contributed by atoms with Gasteiger partial charge in [0.1, 0.15) is 24.4 Å². The average Bonchev–Trinajstić information content (AvgIpc) is 3.37. The van der Waals surface area contributed by atoms with Gasteiger partial charge in [-0.25, -0.2) is 0 Å². The molecule has 9 nitrogen and oxygen atoms in total. The van der Waals surface area contributed by atoms with Gasteiger partial charge in [0.15, 0.2) is 6.29 Å². The Bertz CT molecular complexity index is 1250. The van der Waals surface area contributed by atoms with Crippen LogP contribution in [0.5, 0.6) is 0 Å². The first-order chi connectivity index (χ1) is 34.8. The standard InChI is InChI=1S/C62H115NO8/c1-3-5-7-9-11-13-15-17-19-21-22-23-24-25-26-27-28-29-30-31-32-33-34-36-37-39-41-43-45-47-49-51-56(65)55(54-70-62-61(69)60(68)59(67)57(53-64)71-62)63-58(66)52-50-48-46-44-42-40-38-35-20-18-16-14-12-10-8-6-4-2/h18,20,34,36,41,43,49,51,55-57,59-62,64-65,67-69H,3-17,19,21-33,35,37-40,42,44-48,50,52-54H2,1-2H3,(H,63,66)/b20-18-,36-34+,43-41+,51-49+. The number of allylic oxidation sites excluding steroid dienone is 7. The molecule has 0 aromatic carbocycles. The molecule has 0 aromatic heterocycles. The second-order valence-corrected chi connectivity index (χ2v) is 21.1. The van der Waals surface area contributed by atoms with E-state index in [1.807, 2.05) is 6.08 Å². The molecule has 0 radical (unpaired) electrons. The first-order valence-electron chi connectivity index (χ1n) is 30.4. The molecule has 71 heavy (non-hydrogen) atoms. The van der Waals surface area contributed by atoms with Crippen molar-refractivity contribution in [2.45, 2.75) is 326 Å². The number of aliphatic hydroxyl groups is 5. The van der Waals surface area contributed by atoms with Crippen LogP contribution < -0.4 is 5.32 Å². The van der Waals surface area contributed by atoms with Gasteiger partial charge in [0.05, 0.1) is 25.4 Å². The largest absolute Gasteiger partial charge is 0.394 e. The van der Waals surface area contributed by atoms with Gasteiger partial charge in [-0.3, -0.25) is 4.79 Å². The number of carbonyl (C=O) groups is 1. The minimum absolute atomic E-state index is 0.194. The zero-order valence-corrected chi connectivity index (χ0v) is 46.2. The molecule has 7 unspecified atom stereocenters. The number of nitrogens with one attached hydrogen (secondary N) is 1. The van der Waals surface area contributed by atoms with Crippen LogP contribution in [0.2, 0.25) is 0 Å². The molecule has 0 spiro atoms. The van der Waals surface area contributed by atoms with Crippen LogP contribution in [0.15, 0.2) is 48.6 Å². The number of aliphatic hydroxyl groups excluding tert-OH is 5. The highest BCUT2D eigenvalue weighted by Crippen LogP contribution is 2.23. The lowest BCUT2D eigenvalue weighted by Crippen LogP contribution is -2.60. The Morgan fingerprint density at radius 2 is 0.803 bits per heavy atom. The molecule has 1 heterocycles. The van der Waals surface area contributed by atoms with Gasteiger partial charge in [-0.2, -0.15) is 0 Å². The number of hydrogen-bond acceptors (Lipinski definition) is 8. The third kappa shape index (κ3) is 41.1. The summed E-state index contributed by atoms with van der Waals surface area (Å²) in [6, 6.07) is -0.832. The topological polar surface area (TPSA) is 149 Å². The summed E-state index contributed by atoms with van der Waals surface area (Å²) >= 11 is 0. The Kier molecular flexibility index (Phi) is 48.8. The molecule has 1 rings (SSSR count). The molecule has 416 valence electrons. The summed E-state index contributed by atoms with van der Waals surface area (Å²) in [5, 5.41) is 54.5. The Balaban J connectivity index is 2.21. The van der Waals surface area contributed by atoms with Crippen molar-refractivity contribution in [3.8, 4) is 0 Å². The van der Waals surface area contributed by atoms with Crippen LogP contribution in [0.1, 0.15) is 284 Å². The summed E-state index contributed by atoms with van der Waals surface area (Å²) in [5.41, 5.74) is 0. The van der Waals surface area contributed by atoms with Crippen molar-refractivity contribution in [2.75, 3.05) is 13.2 Å². The molecule has 1 fully saturated rings. The molecular weight excluding hydrogens is 887 g/mol. The number of rotatable bonds is 52. The van der Waals surface area contributed by atoms with Gasteiger partial charge in [-0.1, -0.05) is 255 Å². The summed E-state index contributed by atoms with van der Waals surface area (Å²) in [6.45, 7) is 3.77. The van der Waals surface area contributed by atoms with Crippen molar-refractivity contribution >= 4 is 5.91 Å². The predicted molar refractivity (Wildman–Crippen MR) is 299 cm³/mol. The first kappa shape index (κ1) is 67.2. The van der Waals surface area contributed by atoms with Crippen LogP contribution in [0, 0.1) is 0 Å². The van der Waals surface area contributed by atoms with Gasteiger partial charge in [-0.05, 0) is 70.6 Å². The Morgan fingerprint density at radius 3 is 1.18 bits per heavy atom. The summed E-state index contributed by atoms with van der Waals surface area (Å²) in [7, 11) is 0. The molecule has 1 aliphatic heterocycles. The molecule has 0 saturated carbocycles. The number of amides is 1. The van der Waals surface area contributed by atoms with E-state index in [1.165, 1.54) is 205 Å². The van der Waals surface area contributed by atoms with Crippen molar-refractivity contribution in [2.24, 2.45) is 0 Å². The summed E-state index contributed by atoms with van der Waals surface area (Å²) < 4.78 is 11.3. The smallest absolute Gasteiger partial charge is 0.220 e. The Labute approximate surface area is 437 Å². The van der Waals surface area contributed by atoms with Crippen LogP contribution >= 0.6 is 0 Å². The average molecular weight is 1000 g/mol. The molecule has 0 aromatic rings. The lowest BCUT2D eigenvalue weighted by Gasteiger charge is -2.40. The van der Waals surface area contributed by atoms with Crippen LogP contribution in [-0.2, 0) is 14.3 Å². The fourth-order valence-electron chi connectivity index (χ4n) is 9.54. The van der Waals surface area contributed by atoms with Gasteiger partial charge in [0, 0.05) is 6.42 Å². The fourth-order valence-corrected chi connectivity index (χ4v) is 9.54. The van der Waals surface area contributed by atoms with E-state index in [1.54, 1.807) is 6.08 Å². The third-order valence-electron chi connectivity index (χ3n) is 14.4. The van der Waals surface area contributed by atoms with E-state index in [0.29, 0.717) is 6.42 Å². The number of ether oxygens (including phenoxy) is 2. The summed E-state index contributed by atoms with van der Waals surface area (Å²) in [4.78, 5) is 13.0. The zero-order valence-electron chi connectivity index (χ0n) is 46.2. The Hall–Kier alpha value is -1.85. The monoisotopic (exact) mass is 1000 g/mol. The molecule has 1 aliphatic rings. The van der Waals surface area contributed by atoms with E-state index < -0.39 is 49.5 Å². The van der Waals surface area contributed by atoms with Crippen molar-refractivity contribution in [1.29, 1.82) is 0 Å². The van der Waals surface area contributed by atoms with Crippen molar-refractivity contribution in [3.05, 3.63) is 48.6 Å². The molecule has 1 amide bonds. The number of hydrogen-bond donors (Lipinski definition) is 6. The van der Waals surface area contributed by atoms with Crippen molar-refractivity contribution < 1.29 is 39.8 Å². The van der Waals surface area contributed by atoms with Crippen molar-refractivity contribution in [3.63, 3.8) is 0 Å². The van der Waals surface area contributed by atoms with Gasteiger partial charge in [0.25, 0.3) is 0 Å². The van der Waals surface area contributed by atoms with Crippen molar-refractivity contribution in [1.82, 2.24) is 5.32 Å². The minimum Gasteiger partial charge on any atom is -0.394 e. The summed E-state index contributed by atoms with van der Waals surface area (Å²) in [6.07, 6.45) is 62.0. The van der Waals surface area contributed by atoms with E-state index in [9.17, 15) is 30.3 Å². The van der Waals surface area contributed by atoms with Gasteiger partial charge in [-0.15, -0.1) is 0 Å². The quantitative estimate of drug-likeness (QED) is 0.0261. The maximum atomic E-state index is 13.0. The van der Waals surface area contributed by atoms with Crippen LogP contribution in [0.3, 0.4) is 0 Å². The van der Waals surface area contributed by atoms with Gasteiger partial charge >= 0.3 is 0 Å². The van der Waals surface area contributed by atoms with E-state index in [-0.39, 0.29) is 12.5 Å².